The van der Waals surface area contributed by atoms with E-state index in [1.165, 1.54) is 6.07 Å². The first-order valence-corrected chi connectivity index (χ1v) is 6.51. The third-order valence-electron chi connectivity index (χ3n) is 3.84. The maximum Gasteiger partial charge on any atom is 0.146 e. The van der Waals surface area contributed by atoms with E-state index in [1.54, 1.807) is 19.1 Å². The summed E-state index contributed by atoms with van der Waals surface area (Å²) in [6.45, 7) is 3.17. The maximum atomic E-state index is 14.1. The zero-order valence-corrected chi connectivity index (χ0v) is 10.5. The molecule has 3 atom stereocenters. The van der Waals surface area contributed by atoms with E-state index in [-0.39, 0.29) is 18.0 Å². The molecule has 0 spiro atoms. The standard InChI is InChI=1S/C14H18FNO2/c1-9(17)10-2-5-14(13(15)6-10)16-7-11-3-4-12(8-16)18-11/h2,5-6,9,11-12,17H,3-4,7-8H2,1H3. The predicted molar refractivity (Wildman–Crippen MR) is 67.1 cm³/mol. The van der Waals surface area contributed by atoms with Gasteiger partial charge >= 0.3 is 0 Å². The normalized spacial score (nSPS) is 28.5. The Hall–Kier alpha value is -1.13. The molecule has 0 saturated carbocycles. The van der Waals surface area contributed by atoms with Gasteiger partial charge in [-0.3, -0.25) is 0 Å². The van der Waals surface area contributed by atoms with Crippen LogP contribution in [0.3, 0.4) is 0 Å². The molecule has 18 heavy (non-hydrogen) atoms. The molecule has 98 valence electrons. The van der Waals surface area contributed by atoms with Crippen molar-refractivity contribution in [1.29, 1.82) is 0 Å². The molecule has 2 heterocycles. The number of anilines is 1. The lowest BCUT2D eigenvalue weighted by Gasteiger charge is -2.34. The van der Waals surface area contributed by atoms with Gasteiger partial charge in [0, 0.05) is 13.1 Å². The monoisotopic (exact) mass is 251 g/mol. The summed E-state index contributed by atoms with van der Waals surface area (Å²) in [4.78, 5) is 2.06. The van der Waals surface area contributed by atoms with E-state index in [0.29, 0.717) is 11.3 Å². The van der Waals surface area contributed by atoms with E-state index in [0.717, 1.165) is 25.9 Å². The Morgan fingerprint density at radius 2 is 2.00 bits per heavy atom. The molecule has 1 N–H and O–H groups in total. The Morgan fingerprint density at radius 3 is 2.56 bits per heavy atom. The van der Waals surface area contributed by atoms with Crippen LogP contribution in [0.1, 0.15) is 31.4 Å². The van der Waals surface area contributed by atoms with Crippen molar-refractivity contribution in [3.05, 3.63) is 29.6 Å². The minimum atomic E-state index is -0.630. The molecule has 3 unspecified atom stereocenters. The highest BCUT2D eigenvalue weighted by atomic mass is 19.1. The second-order valence-electron chi connectivity index (χ2n) is 5.25. The van der Waals surface area contributed by atoms with Gasteiger partial charge in [0.1, 0.15) is 5.82 Å². The molecule has 2 aliphatic rings. The number of hydrogen-bond acceptors (Lipinski definition) is 3. The lowest BCUT2D eigenvalue weighted by molar-refractivity contribution is 0.0303. The van der Waals surface area contributed by atoms with Gasteiger partial charge in [-0.05, 0) is 37.5 Å². The number of halogens is 1. The van der Waals surface area contributed by atoms with Gasteiger partial charge in [-0.1, -0.05) is 6.07 Å². The van der Waals surface area contributed by atoms with Gasteiger partial charge in [0.2, 0.25) is 0 Å². The van der Waals surface area contributed by atoms with E-state index < -0.39 is 6.10 Å². The molecule has 0 amide bonds. The van der Waals surface area contributed by atoms with Gasteiger partial charge in [-0.2, -0.15) is 0 Å². The number of rotatable bonds is 2. The van der Waals surface area contributed by atoms with Crippen LogP contribution in [-0.4, -0.2) is 30.4 Å². The predicted octanol–water partition coefficient (Wildman–Crippen LogP) is 2.25. The highest BCUT2D eigenvalue weighted by Crippen LogP contribution is 2.31. The smallest absolute Gasteiger partial charge is 0.146 e. The molecule has 0 aromatic heterocycles. The molecule has 0 radical (unpaired) electrons. The van der Waals surface area contributed by atoms with Crippen molar-refractivity contribution < 1.29 is 14.2 Å². The summed E-state index contributed by atoms with van der Waals surface area (Å²) in [7, 11) is 0. The lowest BCUT2D eigenvalue weighted by atomic mass is 10.1. The SMILES string of the molecule is CC(O)c1ccc(N2CC3CCC(C2)O3)c(F)c1. The molecule has 2 fully saturated rings. The van der Waals surface area contributed by atoms with Gasteiger partial charge in [0.05, 0.1) is 24.0 Å². The van der Waals surface area contributed by atoms with Crippen LogP contribution in [0, 0.1) is 5.82 Å². The molecule has 2 bridgehead atoms. The van der Waals surface area contributed by atoms with Crippen molar-refractivity contribution in [1.82, 2.24) is 0 Å². The number of aliphatic hydroxyl groups excluding tert-OH is 1. The third-order valence-corrected chi connectivity index (χ3v) is 3.84. The maximum absolute atomic E-state index is 14.1. The first-order valence-electron chi connectivity index (χ1n) is 6.51. The van der Waals surface area contributed by atoms with Crippen molar-refractivity contribution in [2.45, 2.75) is 38.1 Å². The van der Waals surface area contributed by atoms with Crippen molar-refractivity contribution in [3.63, 3.8) is 0 Å². The molecule has 4 heteroatoms. The lowest BCUT2D eigenvalue weighted by Crippen LogP contribution is -2.43. The number of ether oxygens (including phenoxy) is 1. The third kappa shape index (κ3) is 2.10. The quantitative estimate of drug-likeness (QED) is 0.875. The molecule has 2 saturated heterocycles. The molecule has 3 nitrogen and oxygen atoms in total. The largest absolute Gasteiger partial charge is 0.389 e. The van der Waals surface area contributed by atoms with Crippen LogP contribution in [0.15, 0.2) is 18.2 Å². The summed E-state index contributed by atoms with van der Waals surface area (Å²) in [5.74, 6) is -0.255. The minimum absolute atomic E-state index is 0.250. The fourth-order valence-corrected chi connectivity index (χ4v) is 2.85. The summed E-state index contributed by atoms with van der Waals surface area (Å²) in [5.41, 5.74) is 1.24. The average molecular weight is 251 g/mol. The Balaban J connectivity index is 1.84. The molecule has 3 rings (SSSR count). The highest BCUT2D eigenvalue weighted by Gasteiger charge is 2.34. The van der Waals surface area contributed by atoms with Gasteiger partial charge in [-0.15, -0.1) is 0 Å². The summed E-state index contributed by atoms with van der Waals surface area (Å²) in [6, 6.07) is 4.99. The van der Waals surface area contributed by atoms with Crippen molar-refractivity contribution in [2.75, 3.05) is 18.0 Å². The second kappa shape index (κ2) is 4.52. The molecular weight excluding hydrogens is 233 g/mol. The Kier molecular flexibility index (Phi) is 2.99. The van der Waals surface area contributed by atoms with E-state index in [4.69, 9.17) is 4.74 Å². The van der Waals surface area contributed by atoms with Crippen LogP contribution in [0.2, 0.25) is 0 Å². The summed E-state index contributed by atoms with van der Waals surface area (Å²) in [6.07, 6.45) is 2.02. The number of morpholine rings is 1. The van der Waals surface area contributed by atoms with Crippen LogP contribution in [0.25, 0.3) is 0 Å². The van der Waals surface area contributed by atoms with Crippen LogP contribution >= 0.6 is 0 Å². The zero-order valence-electron chi connectivity index (χ0n) is 10.5. The Morgan fingerprint density at radius 1 is 1.33 bits per heavy atom. The van der Waals surface area contributed by atoms with Crippen LogP contribution in [0.4, 0.5) is 10.1 Å². The molecule has 1 aromatic carbocycles. The van der Waals surface area contributed by atoms with Crippen LogP contribution < -0.4 is 4.90 Å². The van der Waals surface area contributed by atoms with Gasteiger partial charge in [0.25, 0.3) is 0 Å². The van der Waals surface area contributed by atoms with Crippen LogP contribution in [0.5, 0.6) is 0 Å². The Labute approximate surface area is 106 Å². The first-order chi connectivity index (χ1) is 8.63. The number of aliphatic hydroxyl groups is 1. The van der Waals surface area contributed by atoms with E-state index >= 15 is 0 Å². The molecule has 1 aromatic rings. The average Bonchev–Trinajstić information content (AvgIpc) is 2.68. The van der Waals surface area contributed by atoms with E-state index in [1.807, 2.05) is 0 Å². The number of fused-ring (bicyclic) bond motifs is 2. The molecular formula is C14H18FNO2. The summed E-state index contributed by atoms with van der Waals surface area (Å²) < 4.78 is 19.8. The van der Waals surface area contributed by atoms with Gasteiger partial charge in [-0.25, -0.2) is 4.39 Å². The van der Waals surface area contributed by atoms with Crippen molar-refractivity contribution in [2.24, 2.45) is 0 Å². The minimum Gasteiger partial charge on any atom is -0.389 e. The fourth-order valence-electron chi connectivity index (χ4n) is 2.85. The molecule has 0 aliphatic carbocycles. The number of nitrogens with zero attached hydrogens (tertiary/aromatic N) is 1. The van der Waals surface area contributed by atoms with Crippen LogP contribution in [-0.2, 0) is 4.74 Å². The first kappa shape index (κ1) is 11.9. The highest BCUT2D eigenvalue weighted by molar-refractivity contribution is 5.50. The summed E-state index contributed by atoms with van der Waals surface area (Å²) in [5, 5.41) is 9.44. The number of hydrogen-bond donors (Lipinski definition) is 1. The Bertz CT molecular complexity index is 437. The summed E-state index contributed by atoms with van der Waals surface area (Å²) >= 11 is 0. The topological polar surface area (TPSA) is 32.7 Å². The fraction of sp³-hybridized carbons (Fsp3) is 0.571. The van der Waals surface area contributed by atoms with E-state index in [9.17, 15) is 9.50 Å². The zero-order chi connectivity index (χ0) is 12.7. The van der Waals surface area contributed by atoms with Crippen molar-refractivity contribution >= 4 is 5.69 Å². The molecule has 2 aliphatic heterocycles. The van der Waals surface area contributed by atoms with Gasteiger partial charge in [0.15, 0.2) is 0 Å². The van der Waals surface area contributed by atoms with E-state index in [2.05, 4.69) is 4.90 Å². The number of benzene rings is 1. The second-order valence-corrected chi connectivity index (χ2v) is 5.25. The van der Waals surface area contributed by atoms with Crippen molar-refractivity contribution in [3.8, 4) is 0 Å². The van der Waals surface area contributed by atoms with Gasteiger partial charge < -0.3 is 14.7 Å².